The predicted octanol–water partition coefficient (Wildman–Crippen LogP) is 1.13. The molecule has 0 N–H and O–H groups in total. The molecule has 11 heavy (non-hydrogen) atoms. The van der Waals surface area contributed by atoms with E-state index in [0.717, 1.165) is 6.04 Å². The number of likely N-dealkylation sites (N-methyl/N-ethyl adjacent to an activating group) is 2. The van der Waals surface area contributed by atoms with Gasteiger partial charge in [0.25, 0.3) is 0 Å². The first kappa shape index (κ1) is 9.01. The lowest BCUT2D eigenvalue weighted by atomic mass is 10.2. The van der Waals surface area contributed by atoms with Crippen LogP contribution in [-0.2, 0) is 0 Å². The lowest BCUT2D eigenvalue weighted by Crippen LogP contribution is -2.51. The van der Waals surface area contributed by atoms with Gasteiger partial charge in [-0.2, -0.15) is 0 Å². The van der Waals surface area contributed by atoms with Gasteiger partial charge in [-0.1, -0.05) is 0 Å². The summed E-state index contributed by atoms with van der Waals surface area (Å²) < 4.78 is 1.29. The van der Waals surface area contributed by atoms with Crippen LogP contribution in [0.2, 0.25) is 0 Å². The van der Waals surface area contributed by atoms with Crippen LogP contribution in [0.25, 0.3) is 0 Å². The van der Waals surface area contributed by atoms with Crippen molar-refractivity contribution in [1.29, 1.82) is 0 Å². The van der Waals surface area contributed by atoms with Crippen LogP contribution in [0.3, 0.4) is 0 Å². The van der Waals surface area contributed by atoms with Crippen molar-refractivity contribution in [3.63, 3.8) is 0 Å². The fraction of sp³-hybridized carbons (Fsp3) is 1.00. The molecule has 1 unspecified atom stereocenters. The number of hydrogen-bond donors (Lipinski definition) is 0. The fourth-order valence-electron chi connectivity index (χ4n) is 2.35. The monoisotopic (exact) mass is 157 g/mol. The van der Waals surface area contributed by atoms with E-state index in [1.54, 1.807) is 0 Å². The van der Waals surface area contributed by atoms with E-state index in [1.165, 1.54) is 30.8 Å². The van der Waals surface area contributed by atoms with Crippen LogP contribution in [0.15, 0.2) is 0 Å². The van der Waals surface area contributed by atoms with Gasteiger partial charge >= 0.3 is 0 Å². The van der Waals surface area contributed by atoms with E-state index in [2.05, 4.69) is 32.7 Å². The van der Waals surface area contributed by atoms with Gasteiger partial charge in [0.05, 0.1) is 19.6 Å². The first-order valence-corrected chi connectivity index (χ1v) is 4.69. The molecule has 0 aromatic carbocycles. The van der Waals surface area contributed by atoms with Crippen LogP contribution >= 0.6 is 0 Å². The number of hydrogen-bond acceptors (Lipinski definition) is 1. The maximum atomic E-state index is 2.44. The zero-order chi connectivity index (χ0) is 8.48. The molecule has 1 saturated heterocycles. The predicted molar refractivity (Wildman–Crippen MR) is 48.3 cm³/mol. The van der Waals surface area contributed by atoms with E-state index in [0.29, 0.717) is 0 Å². The Morgan fingerprint density at radius 2 is 1.91 bits per heavy atom. The second kappa shape index (κ2) is 3.11. The lowest BCUT2D eigenvalue weighted by molar-refractivity contribution is -0.937. The van der Waals surface area contributed by atoms with Crippen molar-refractivity contribution in [3.8, 4) is 0 Å². The molecule has 0 saturated carbocycles. The van der Waals surface area contributed by atoms with Crippen LogP contribution in [-0.4, -0.2) is 48.8 Å². The molecule has 1 rings (SSSR count). The average molecular weight is 157 g/mol. The van der Waals surface area contributed by atoms with Crippen LogP contribution < -0.4 is 0 Å². The van der Waals surface area contributed by atoms with E-state index in [4.69, 9.17) is 0 Å². The van der Waals surface area contributed by atoms with E-state index in [-0.39, 0.29) is 0 Å². The molecular weight excluding hydrogens is 136 g/mol. The van der Waals surface area contributed by atoms with Crippen molar-refractivity contribution in [2.24, 2.45) is 0 Å². The summed E-state index contributed by atoms with van der Waals surface area (Å²) >= 11 is 0. The summed E-state index contributed by atoms with van der Waals surface area (Å²) in [6.45, 7) is 12.1. The second-order valence-corrected chi connectivity index (χ2v) is 3.88. The number of rotatable bonds is 2. The highest BCUT2D eigenvalue weighted by Gasteiger charge is 2.38. The third kappa shape index (κ3) is 1.42. The summed E-state index contributed by atoms with van der Waals surface area (Å²) in [5, 5.41) is 0. The maximum Gasteiger partial charge on any atom is 0.135 e. The van der Waals surface area contributed by atoms with Crippen LogP contribution in [0.5, 0.6) is 0 Å². The minimum absolute atomic E-state index is 0.829. The summed E-state index contributed by atoms with van der Waals surface area (Å²) in [4.78, 5) is 2.44. The molecule has 0 aromatic heterocycles. The third-order valence-corrected chi connectivity index (χ3v) is 3.29. The molecule has 1 fully saturated rings. The Labute approximate surface area is 70.4 Å². The Hall–Kier alpha value is -0.0800. The summed E-state index contributed by atoms with van der Waals surface area (Å²) in [7, 11) is 2.22. The molecule has 2 nitrogen and oxygen atoms in total. The van der Waals surface area contributed by atoms with Crippen molar-refractivity contribution < 1.29 is 4.48 Å². The average Bonchev–Trinajstić information content (AvgIpc) is 2.27. The smallest absolute Gasteiger partial charge is 0.135 e. The van der Waals surface area contributed by atoms with E-state index in [9.17, 15) is 0 Å². The molecule has 1 aliphatic heterocycles. The summed E-state index contributed by atoms with van der Waals surface area (Å²) in [6.07, 6.45) is 0. The van der Waals surface area contributed by atoms with Gasteiger partial charge in [0.2, 0.25) is 0 Å². The van der Waals surface area contributed by atoms with E-state index in [1.807, 2.05) is 0 Å². The van der Waals surface area contributed by atoms with Gasteiger partial charge in [0.15, 0.2) is 0 Å². The summed E-state index contributed by atoms with van der Waals surface area (Å²) in [5.41, 5.74) is 0. The topological polar surface area (TPSA) is 3.24 Å². The molecular formula is C9H21N2+. The van der Waals surface area contributed by atoms with E-state index >= 15 is 0 Å². The molecule has 0 aliphatic carbocycles. The summed E-state index contributed by atoms with van der Waals surface area (Å²) in [5.74, 6) is 0. The second-order valence-electron chi connectivity index (χ2n) is 3.88. The zero-order valence-corrected chi connectivity index (χ0v) is 8.30. The Bertz CT molecular complexity index is 130. The molecule has 2 heteroatoms. The van der Waals surface area contributed by atoms with Gasteiger partial charge < -0.3 is 4.48 Å². The van der Waals surface area contributed by atoms with E-state index < -0.39 is 0 Å². The largest absolute Gasteiger partial charge is 0.308 e. The minimum atomic E-state index is 0.829. The highest BCUT2D eigenvalue weighted by molar-refractivity contribution is 4.65. The van der Waals surface area contributed by atoms with Gasteiger partial charge in [0.1, 0.15) is 12.7 Å². The number of nitrogens with zero attached hydrogens (tertiary/aromatic N) is 2. The fourth-order valence-corrected chi connectivity index (χ4v) is 2.35. The SMILES string of the molecule is CC[N+]1(CC)CN(C)CC1C. The van der Waals surface area contributed by atoms with Crippen LogP contribution in [0.1, 0.15) is 20.8 Å². The van der Waals surface area contributed by atoms with Crippen LogP contribution in [0.4, 0.5) is 0 Å². The van der Waals surface area contributed by atoms with Crippen molar-refractivity contribution in [3.05, 3.63) is 0 Å². The Morgan fingerprint density at radius 3 is 2.09 bits per heavy atom. The first-order chi connectivity index (χ1) is 5.14. The highest BCUT2D eigenvalue weighted by atomic mass is 15.5. The maximum absolute atomic E-state index is 2.44. The minimum Gasteiger partial charge on any atom is -0.308 e. The van der Waals surface area contributed by atoms with Crippen molar-refractivity contribution in [2.45, 2.75) is 26.8 Å². The van der Waals surface area contributed by atoms with Crippen molar-refractivity contribution in [2.75, 3.05) is 33.4 Å². The Morgan fingerprint density at radius 1 is 1.36 bits per heavy atom. The molecule has 0 amide bonds. The normalized spacial score (nSPS) is 31.1. The summed E-state index contributed by atoms with van der Waals surface area (Å²) in [6, 6.07) is 0.829. The molecule has 0 bridgehead atoms. The van der Waals surface area contributed by atoms with Gasteiger partial charge in [-0.3, -0.25) is 4.90 Å². The van der Waals surface area contributed by atoms with Crippen molar-refractivity contribution >= 4 is 0 Å². The molecule has 1 heterocycles. The molecule has 66 valence electrons. The molecule has 1 atom stereocenters. The standard InChI is InChI=1S/C9H21N2/c1-5-11(6-2)8-10(4)7-9(11)3/h9H,5-8H2,1-4H3/q+1. The van der Waals surface area contributed by atoms with Crippen molar-refractivity contribution in [1.82, 2.24) is 4.90 Å². The molecule has 1 aliphatic rings. The Kier molecular flexibility index (Phi) is 2.55. The van der Waals surface area contributed by atoms with Gasteiger partial charge in [-0.15, -0.1) is 0 Å². The first-order valence-electron chi connectivity index (χ1n) is 4.69. The lowest BCUT2D eigenvalue weighted by Gasteiger charge is -2.35. The molecule has 0 radical (unpaired) electrons. The van der Waals surface area contributed by atoms with Crippen LogP contribution in [0, 0.1) is 0 Å². The zero-order valence-electron chi connectivity index (χ0n) is 8.30. The quantitative estimate of drug-likeness (QED) is 0.543. The molecule has 0 spiro atoms. The third-order valence-electron chi connectivity index (χ3n) is 3.29. The van der Waals surface area contributed by atoms with Gasteiger partial charge in [-0.25, -0.2) is 0 Å². The number of quaternary nitrogens is 1. The van der Waals surface area contributed by atoms with Gasteiger partial charge in [-0.05, 0) is 27.8 Å². The Balaban J connectivity index is 2.67. The highest BCUT2D eigenvalue weighted by Crippen LogP contribution is 2.21. The van der Waals surface area contributed by atoms with Gasteiger partial charge in [0, 0.05) is 0 Å². The molecule has 0 aromatic rings.